The highest BCUT2D eigenvalue weighted by molar-refractivity contribution is 9.10. The van der Waals surface area contributed by atoms with Gasteiger partial charge in [-0.1, -0.05) is 46.3 Å². The van der Waals surface area contributed by atoms with Crippen LogP contribution in [-0.4, -0.2) is 21.7 Å². The van der Waals surface area contributed by atoms with Gasteiger partial charge in [0.1, 0.15) is 0 Å². The van der Waals surface area contributed by atoms with E-state index in [0.717, 1.165) is 16.4 Å². The summed E-state index contributed by atoms with van der Waals surface area (Å²) in [5.41, 5.74) is 1.14. The number of hydrogen-bond donors (Lipinski definition) is 0. The molecule has 0 N–H and O–H groups in total. The first-order valence-electron chi connectivity index (χ1n) is 7.01. The molecule has 22 heavy (non-hydrogen) atoms. The second-order valence-corrected chi connectivity index (χ2v) is 6.23. The van der Waals surface area contributed by atoms with E-state index in [4.69, 9.17) is 0 Å². The number of fused-ring (bicyclic) bond motifs is 1. The molecule has 4 nitrogen and oxygen atoms in total. The Balaban J connectivity index is 1.79. The number of halogens is 1. The second-order valence-electron chi connectivity index (χ2n) is 5.32. The molecular weight excluding hydrogens is 342 g/mol. The van der Waals surface area contributed by atoms with Crippen molar-refractivity contribution in [3.63, 3.8) is 0 Å². The molecule has 1 heterocycles. The Labute approximate surface area is 137 Å². The van der Waals surface area contributed by atoms with Gasteiger partial charge < -0.3 is 0 Å². The highest BCUT2D eigenvalue weighted by Gasteiger charge is 2.06. The number of rotatable bonds is 4. The lowest BCUT2D eigenvalue weighted by molar-refractivity contribution is 0.241. The van der Waals surface area contributed by atoms with E-state index >= 15 is 0 Å². The fourth-order valence-electron chi connectivity index (χ4n) is 2.41. The standard InChI is InChI=1S/C17H16BrN3O/c1-20(11-13-6-8-15(18)9-7-13)12-21-17(22)16-5-3-2-4-14(16)10-19-21/h2-10H,11-12H2,1H3. The first-order valence-corrected chi connectivity index (χ1v) is 7.80. The maximum Gasteiger partial charge on any atom is 0.275 e. The molecule has 0 amide bonds. The molecule has 0 saturated carbocycles. The molecule has 0 aliphatic heterocycles. The van der Waals surface area contributed by atoms with Gasteiger partial charge >= 0.3 is 0 Å². The quantitative estimate of drug-likeness (QED) is 0.719. The third kappa shape index (κ3) is 3.26. The van der Waals surface area contributed by atoms with Crippen LogP contribution in [0.3, 0.4) is 0 Å². The molecular formula is C17H16BrN3O. The molecule has 1 aromatic heterocycles. The molecule has 0 spiro atoms. The van der Waals surface area contributed by atoms with Gasteiger partial charge in [0.05, 0.1) is 18.3 Å². The Morgan fingerprint density at radius 3 is 2.64 bits per heavy atom. The van der Waals surface area contributed by atoms with Crippen molar-refractivity contribution in [3.05, 3.63) is 75.1 Å². The minimum atomic E-state index is -0.0549. The second kappa shape index (κ2) is 6.42. The van der Waals surface area contributed by atoms with Gasteiger partial charge in [0.2, 0.25) is 0 Å². The normalized spacial score (nSPS) is 11.2. The third-order valence-electron chi connectivity index (χ3n) is 3.50. The van der Waals surface area contributed by atoms with Crippen LogP contribution in [0.25, 0.3) is 10.8 Å². The Hall–Kier alpha value is -1.98. The summed E-state index contributed by atoms with van der Waals surface area (Å²) in [5.74, 6) is 0. The van der Waals surface area contributed by atoms with Crippen LogP contribution in [0.2, 0.25) is 0 Å². The topological polar surface area (TPSA) is 38.1 Å². The van der Waals surface area contributed by atoms with E-state index in [-0.39, 0.29) is 5.56 Å². The van der Waals surface area contributed by atoms with Crippen LogP contribution in [0.1, 0.15) is 5.56 Å². The van der Waals surface area contributed by atoms with E-state index in [1.165, 1.54) is 10.2 Å². The number of aromatic nitrogens is 2. The van der Waals surface area contributed by atoms with Crippen LogP contribution in [0.5, 0.6) is 0 Å². The van der Waals surface area contributed by atoms with E-state index < -0.39 is 0 Å². The van der Waals surface area contributed by atoms with Gasteiger partial charge in [-0.05, 0) is 30.8 Å². The molecule has 0 aliphatic carbocycles. The minimum absolute atomic E-state index is 0.0549. The van der Waals surface area contributed by atoms with Crippen LogP contribution < -0.4 is 5.56 Å². The van der Waals surface area contributed by atoms with Crippen LogP contribution >= 0.6 is 15.9 Å². The van der Waals surface area contributed by atoms with Crippen molar-refractivity contribution in [3.8, 4) is 0 Å². The Morgan fingerprint density at radius 1 is 1.14 bits per heavy atom. The Bertz CT molecular complexity index is 842. The molecule has 112 valence electrons. The predicted octanol–water partition coefficient (Wildman–Crippen LogP) is 3.25. The molecule has 3 rings (SSSR count). The van der Waals surface area contributed by atoms with Gasteiger partial charge in [-0.25, -0.2) is 4.68 Å². The number of hydrogen-bond acceptors (Lipinski definition) is 3. The average Bonchev–Trinajstić information content (AvgIpc) is 2.53. The summed E-state index contributed by atoms with van der Waals surface area (Å²) in [6, 6.07) is 15.7. The van der Waals surface area contributed by atoms with Crippen molar-refractivity contribution in [2.24, 2.45) is 0 Å². The van der Waals surface area contributed by atoms with Crippen molar-refractivity contribution in [1.82, 2.24) is 14.7 Å². The zero-order chi connectivity index (χ0) is 15.5. The third-order valence-corrected chi connectivity index (χ3v) is 4.03. The lowest BCUT2D eigenvalue weighted by Crippen LogP contribution is -2.31. The lowest BCUT2D eigenvalue weighted by Gasteiger charge is -2.17. The van der Waals surface area contributed by atoms with Crippen LogP contribution in [0, 0.1) is 0 Å². The highest BCUT2D eigenvalue weighted by atomic mass is 79.9. The molecule has 0 bridgehead atoms. The maximum absolute atomic E-state index is 12.4. The van der Waals surface area contributed by atoms with E-state index in [0.29, 0.717) is 12.1 Å². The molecule has 0 saturated heterocycles. The molecule has 0 fully saturated rings. The van der Waals surface area contributed by atoms with Gasteiger partial charge in [-0.2, -0.15) is 5.10 Å². The van der Waals surface area contributed by atoms with E-state index in [1.54, 1.807) is 6.20 Å². The largest absolute Gasteiger partial charge is 0.283 e. The number of benzene rings is 2. The monoisotopic (exact) mass is 357 g/mol. The van der Waals surface area contributed by atoms with Crippen molar-refractivity contribution in [2.75, 3.05) is 7.05 Å². The highest BCUT2D eigenvalue weighted by Crippen LogP contribution is 2.12. The van der Waals surface area contributed by atoms with Gasteiger partial charge in [-0.15, -0.1) is 0 Å². The molecule has 3 aromatic rings. The Morgan fingerprint density at radius 2 is 1.86 bits per heavy atom. The number of nitrogens with zero attached hydrogens (tertiary/aromatic N) is 3. The zero-order valence-corrected chi connectivity index (χ0v) is 13.8. The van der Waals surface area contributed by atoms with Crippen LogP contribution in [-0.2, 0) is 13.2 Å². The van der Waals surface area contributed by atoms with Gasteiger partial charge in [0.15, 0.2) is 0 Å². The summed E-state index contributed by atoms with van der Waals surface area (Å²) in [5, 5.41) is 5.83. The SMILES string of the molecule is CN(Cc1ccc(Br)cc1)Cn1ncc2ccccc2c1=O. The summed E-state index contributed by atoms with van der Waals surface area (Å²) in [6.07, 6.45) is 1.74. The minimum Gasteiger partial charge on any atom is -0.283 e. The van der Waals surface area contributed by atoms with Crippen molar-refractivity contribution in [1.29, 1.82) is 0 Å². The van der Waals surface area contributed by atoms with Crippen LogP contribution in [0.15, 0.2) is 64.0 Å². The van der Waals surface area contributed by atoms with Crippen molar-refractivity contribution < 1.29 is 0 Å². The van der Waals surface area contributed by atoms with Crippen molar-refractivity contribution in [2.45, 2.75) is 13.2 Å². The summed E-state index contributed by atoms with van der Waals surface area (Å²) in [6.45, 7) is 1.22. The zero-order valence-electron chi connectivity index (χ0n) is 12.2. The first kappa shape index (κ1) is 14.9. The molecule has 5 heteroatoms. The smallest absolute Gasteiger partial charge is 0.275 e. The summed E-state index contributed by atoms with van der Waals surface area (Å²) < 4.78 is 2.56. The van der Waals surface area contributed by atoms with Crippen molar-refractivity contribution >= 4 is 26.7 Å². The molecule has 2 aromatic carbocycles. The molecule has 0 aliphatic rings. The average molecular weight is 358 g/mol. The summed E-state index contributed by atoms with van der Waals surface area (Å²) >= 11 is 3.43. The first-order chi connectivity index (χ1) is 10.6. The fraction of sp³-hybridized carbons (Fsp3) is 0.176. The van der Waals surface area contributed by atoms with E-state index in [1.807, 2.05) is 43.4 Å². The molecule has 0 unspecified atom stereocenters. The Kier molecular flexibility index (Phi) is 4.36. The van der Waals surface area contributed by atoms with E-state index in [9.17, 15) is 4.79 Å². The van der Waals surface area contributed by atoms with Gasteiger partial charge in [-0.3, -0.25) is 9.69 Å². The molecule has 0 atom stereocenters. The van der Waals surface area contributed by atoms with Gasteiger partial charge in [0, 0.05) is 16.4 Å². The summed E-state index contributed by atoms with van der Waals surface area (Å²) in [4.78, 5) is 14.5. The summed E-state index contributed by atoms with van der Waals surface area (Å²) in [7, 11) is 1.98. The fourth-order valence-corrected chi connectivity index (χ4v) is 2.67. The van der Waals surface area contributed by atoms with E-state index in [2.05, 4.69) is 38.1 Å². The predicted molar refractivity (Wildman–Crippen MR) is 91.6 cm³/mol. The lowest BCUT2D eigenvalue weighted by atomic mass is 10.2. The maximum atomic E-state index is 12.4. The molecule has 0 radical (unpaired) electrons. The van der Waals surface area contributed by atoms with Gasteiger partial charge in [0.25, 0.3) is 5.56 Å². The van der Waals surface area contributed by atoms with Crippen LogP contribution in [0.4, 0.5) is 0 Å².